The van der Waals surface area contributed by atoms with Gasteiger partial charge in [-0.05, 0) is 54.3 Å². The smallest absolute Gasteiger partial charge is 0.255 e. The second kappa shape index (κ2) is 13.9. The molecule has 1 fully saturated rings. The fourth-order valence-corrected chi connectivity index (χ4v) is 5.39. The fraction of sp³-hybridized carbons (Fsp3) is 0.355. The molecule has 11 heteroatoms. The molecule has 0 spiro atoms. The van der Waals surface area contributed by atoms with Crippen molar-refractivity contribution in [3.8, 4) is 5.75 Å². The summed E-state index contributed by atoms with van der Waals surface area (Å²) in [5, 5.41) is 28.5. The van der Waals surface area contributed by atoms with Crippen molar-refractivity contribution < 1.29 is 29.4 Å². The second-order valence-corrected chi connectivity index (χ2v) is 10.7. The Hall–Kier alpha value is -4.48. The van der Waals surface area contributed by atoms with Crippen LogP contribution in [0, 0.1) is 0 Å². The molecule has 1 saturated heterocycles. The number of hydrogen-bond donors (Lipinski definition) is 6. The average molecular weight is 576 g/mol. The maximum atomic E-state index is 13.5. The van der Waals surface area contributed by atoms with Gasteiger partial charge in [-0.2, -0.15) is 0 Å². The molecule has 1 heterocycles. The monoisotopic (exact) mass is 575 g/mol. The number of rotatable bonds is 12. The van der Waals surface area contributed by atoms with Crippen LogP contribution in [-0.4, -0.2) is 76.1 Å². The molecule has 8 N–H and O–H groups in total. The number of primary amides is 2. The van der Waals surface area contributed by atoms with E-state index in [2.05, 4.69) is 10.6 Å². The SMILES string of the molecule is NC(=O)C[C@H](NC(=O)c1cc2ccccc2cc1O)C(=O)N[C@@H](Cc1ccccc1)[C@H](O)CN1CCCC[C@H]1C(N)=O. The number of phenolic OH excluding ortho intramolecular Hbond substituents is 1. The molecule has 0 aromatic heterocycles. The highest BCUT2D eigenvalue weighted by Gasteiger charge is 2.33. The molecule has 4 amide bonds. The zero-order valence-electron chi connectivity index (χ0n) is 23.2. The molecular weight excluding hydrogens is 538 g/mol. The first-order valence-corrected chi connectivity index (χ1v) is 14.0. The van der Waals surface area contributed by atoms with Crippen molar-refractivity contribution in [3.63, 3.8) is 0 Å². The van der Waals surface area contributed by atoms with E-state index >= 15 is 0 Å². The highest BCUT2D eigenvalue weighted by Crippen LogP contribution is 2.25. The lowest BCUT2D eigenvalue weighted by Crippen LogP contribution is -2.57. The first-order valence-electron chi connectivity index (χ1n) is 14.0. The van der Waals surface area contributed by atoms with Crippen molar-refractivity contribution in [3.05, 3.63) is 77.9 Å². The number of carbonyl (C=O) groups excluding carboxylic acids is 4. The normalized spacial score (nSPS) is 17.6. The summed E-state index contributed by atoms with van der Waals surface area (Å²) in [6.07, 6.45) is 0.920. The van der Waals surface area contributed by atoms with Gasteiger partial charge in [-0.15, -0.1) is 0 Å². The number of β-amino-alcohol motifs (C(OH)–C–C–N with tert-alkyl or cyclic N) is 1. The molecule has 42 heavy (non-hydrogen) atoms. The largest absolute Gasteiger partial charge is 0.507 e. The topological polar surface area (TPSA) is 188 Å². The van der Waals surface area contributed by atoms with Crippen LogP contribution < -0.4 is 22.1 Å². The number of nitrogens with zero attached hydrogens (tertiary/aromatic N) is 1. The Morgan fingerprint density at radius 1 is 0.929 bits per heavy atom. The van der Waals surface area contributed by atoms with E-state index in [1.165, 1.54) is 12.1 Å². The van der Waals surface area contributed by atoms with Crippen LogP contribution in [0.15, 0.2) is 66.7 Å². The van der Waals surface area contributed by atoms with Gasteiger partial charge in [0, 0.05) is 6.54 Å². The number of amides is 4. The van der Waals surface area contributed by atoms with Crippen molar-refractivity contribution in [2.24, 2.45) is 11.5 Å². The number of aliphatic hydroxyl groups is 1. The molecule has 4 atom stereocenters. The van der Waals surface area contributed by atoms with Gasteiger partial charge in [0.2, 0.25) is 17.7 Å². The summed E-state index contributed by atoms with van der Waals surface area (Å²) in [5.74, 6) is -3.07. The van der Waals surface area contributed by atoms with Gasteiger partial charge in [-0.25, -0.2) is 0 Å². The van der Waals surface area contributed by atoms with Crippen LogP contribution in [0.25, 0.3) is 10.8 Å². The molecular formula is C31H37N5O6. The van der Waals surface area contributed by atoms with Crippen LogP contribution in [0.5, 0.6) is 5.75 Å². The Morgan fingerprint density at radius 3 is 2.26 bits per heavy atom. The summed E-state index contributed by atoms with van der Waals surface area (Å²) in [5.41, 5.74) is 11.8. The first kappa shape index (κ1) is 30.5. The van der Waals surface area contributed by atoms with Crippen LogP contribution in [0.1, 0.15) is 41.6 Å². The number of hydrogen-bond acceptors (Lipinski definition) is 7. The number of aliphatic hydroxyl groups excluding tert-OH is 1. The molecule has 0 unspecified atom stereocenters. The molecule has 0 radical (unpaired) electrons. The Kier molecular flexibility index (Phi) is 10.1. The Labute approximate surface area is 243 Å². The van der Waals surface area contributed by atoms with Gasteiger partial charge in [0.15, 0.2) is 0 Å². The van der Waals surface area contributed by atoms with Gasteiger partial charge >= 0.3 is 0 Å². The van der Waals surface area contributed by atoms with Gasteiger partial charge in [0.05, 0.1) is 30.2 Å². The Bertz CT molecular complexity index is 1430. The molecule has 11 nitrogen and oxygen atoms in total. The highest BCUT2D eigenvalue weighted by atomic mass is 16.3. The van der Waals surface area contributed by atoms with E-state index in [0.29, 0.717) is 18.4 Å². The van der Waals surface area contributed by atoms with Crippen molar-refractivity contribution in [2.75, 3.05) is 13.1 Å². The van der Waals surface area contributed by atoms with E-state index in [4.69, 9.17) is 11.5 Å². The number of phenols is 1. The molecule has 222 valence electrons. The third-order valence-electron chi connectivity index (χ3n) is 7.59. The minimum Gasteiger partial charge on any atom is -0.507 e. The Morgan fingerprint density at radius 2 is 1.60 bits per heavy atom. The summed E-state index contributed by atoms with van der Waals surface area (Å²) < 4.78 is 0. The minimum absolute atomic E-state index is 0.0700. The van der Waals surface area contributed by atoms with Crippen molar-refractivity contribution in [2.45, 2.75) is 56.3 Å². The quantitative estimate of drug-likeness (QED) is 0.185. The predicted molar refractivity (Wildman–Crippen MR) is 157 cm³/mol. The number of aromatic hydroxyl groups is 1. The van der Waals surface area contributed by atoms with Crippen molar-refractivity contribution in [1.82, 2.24) is 15.5 Å². The second-order valence-electron chi connectivity index (χ2n) is 10.7. The van der Waals surface area contributed by atoms with Crippen molar-refractivity contribution >= 4 is 34.4 Å². The van der Waals surface area contributed by atoms with Crippen molar-refractivity contribution in [1.29, 1.82) is 0 Å². The summed E-state index contributed by atoms with van der Waals surface area (Å²) >= 11 is 0. The molecule has 0 bridgehead atoms. The van der Waals surface area contributed by atoms with Gasteiger partial charge in [-0.3, -0.25) is 24.1 Å². The molecule has 0 aliphatic carbocycles. The first-order chi connectivity index (χ1) is 20.1. The molecule has 1 aliphatic heterocycles. The molecule has 3 aromatic carbocycles. The summed E-state index contributed by atoms with van der Waals surface area (Å²) in [4.78, 5) is 52.4. The number of nitrogens with two attached hydrogens (primary N) is 2. The van der Waals surface area contributed by atoms with E-state index < -0.39 is 54.3 Å². The summed E-state index contributed by atoms with van der Waals surface area (Å²) in [6, 6.07) is 16.6. The van der Waals surface area contributed by atoms with E-state index in [0.717, 1.165) is 23.8 Å². The minimum atomic E-state index is -1.38. The highest BCUT2D eigenvalue weighted by molar-refractivity contribution is 6.03. The van der Waals surface area contributed by atoms with E-state index in [-0.39, 0.29) is 24.3 Å². The molecule has 1 aliphatic rings. The van der Waals surface area contributed by atoms with E-state index in [9.17, 15) is 29.4 Å². The number of likely N-dealkylation sites (tertiary alicyclic amines) is 1. The summed E-state index contributed by atoms with van der Waals surface area (Å²) in [6.45, 7) is 0.662. The number of nitrogens with one attached hydrogen (secondary N) is 2. The molecule has 3 aromatic rings. The Balaban J connectivity index is 1.54. The molecule has 0 saturated carbocycles. The van der Waals surface area contributed by atoms with Crippen LogP contribution in [0.4, 0.5) is 0 Å². The van der Waals surface area contributed by atoms with Crippen LogP contribution in [0.2, 0.25) is 0 Å². The van der Waals surface area contributed by atoms with Gasteiger partial charge < -0.3 is 32.3 Å². The maximum Gasteiger partial charge on any atom is 0.255 e. The number of fused-ring (bicyclic) bond motifs is 1. The van der Waals surface area contributed by atoms with Gasteiger partial charge in [0.1, 0.15) is 11.8 Å². The zero-order chi connectivity index (χ0) is 30.2. The predicted octanol–water partition coefficient (Wildman–Crippen LogP) is 0.947. The maximum absolute atomic E-state index is 13.5. The standard InChI is InChI=1S/C31H37N5O6/c32-28(39)17-24(35-30(41)22-15-20-10-4-5-11-21(20)16-26(22)37)31(42)34-23(14-19-8-2-1-3-9-19)27(38)18-36-13-7-6-12-25(36)29(33)40/h1-5,8-11,15-16,23-25,27,37-38H,6-7,12-14,17-18H2,(H2,32,39)(H2,33,40)(H,34,42)(H,35,41)/t23-,24-,25-,27+/m0/s1. The summed E-state index contributed by atoms with van der Waals surface area (Å²) in [7, 11) is 0. The lowest BCUT2D eigenvalue weighted by atomic mass is 9.97. The third kappa shape index (κ3) is 7.83. The fourth-order valence-electron chi connectivity index (χ4n) is 5.39. The van der Waals surface area contributed by atoms with Crippen LogP contribution >= 0.6 is 0 Å². The van der Waals surface area contributed by atoms with E-state index in [1.807, 2.05) is 35.2 Å². The third-order valence-corrected chi connectivity index (χ3v) is 7.59. The lowest BCUT2D eigenvalue weighted by Gasteiger charge is -2.37. The molecule has 4 rings (SSSR count). The average Bonchev–Trinajstić information content (AvgIpc) is 2.96. The number of benzene rings is 3. The number of carbonyl (C=O) groups is 4. The lowest BCUT2D eigenvalue weighted by molar-refractivity contribution is -0.128. The van der Waals surface area contributed by atoms with Gasteiger partial charge in [0.25, 0.3) is 5.91 Å². The van der Waals surface area contributed by atoms with Crippen LogP contribution in [0.3, 0.4) is 0 Å². The van der Waals surface area contributed by atoms with E-state index in [1.54, 1.807) is 24.3 Å². The van der Waals surface area contributed by atoms with Gasteiger partial charge in [-0.1, -0.05) is 61.0 Å². The zero-order valence-corrected chi connectivity index (χ0v) is 23.2. The number of piperidine rings is 1. The van der Waals surface area contributed by atoms with Crippen LogP contribution in [-0.2, 0) is 20.8 Å².